The summed E-state index contributed by atoms with van der Waals surface area (Å²) in [5.41, 5.74) is 1.37. The molecule has 3 rings (SSSR count). The minimum absolute atomic E-state index is 0.198. The van der Waals surface area contributed by atoms with Crippen LogP contribution < -0.4 is 10.1 Å². The van der Waals surface area contributed by atoms with Crippen LogP contribution in [0.1, 0.15) is 41.8 Å². The Hall–Kier alpha value is -2.01. The fourth-order valence-electron chi connectivity index (χ4n) is 3.11. The number of aryl methyl sites for hydroxylation is 1. The summed E-state index contributed by atoms with van der Waals surface area (Å²) in [6, 6.07) is 5.38. The second kappa shape index (κ2) is 6.01. The average Bonchev–Trinajstić information content (AvgIpc) is 2.87. The predicted octanol–water partition coefficient (Wildman–Crippen LogP) is 2.78. The molecule has 118 valence electrons. The van der Waals surface area contributed by atoms with Crippen LogP contribution in [0.3, 0.4) is 0 Å². The molecule has 5 nitrogen and oxygen atoms in total. The first-order valence-corrected chi connectivity index (χ1v) is 7.67. The molecule has 5 heteroatoms. The summed E-state index contributed by atoms with van der Waals surface area (Å²) in [6.45, 7) is 1.86. The molecule has 0 radical (unpaired) electrons. The number of aliphatic hydroxyl groups excluding tert-OH is 1. The van der Waals surface area contributed by atoms with Crippen molar-refractivity contribution in [2.24, 2.45) is 0 Å². The molecule has 1 heterocycles. The van der Waals surface area contributed by atoms with Gasteiger partial charge in [0.05, 0.1) is 19.3 Å². The summed E-state index contributed by atoms with van der Waals surface area (Å²) in [4.78, 5) is 12.5. The normalized spacial score (nSPS) is 21.8. The van der Waals surface area contributed by atoms with Gasteiger partial charge in [-0.25, -0.2) is 0 Å². The number of carbonyl (C=O) groups excluding carboxylic acids is 1. The van der Waals surface area contributed by atoms with E-state index in [0.29, 0.717) is 11.3 Å². The maximum Gasteiger partial charge on any atom is 0.287 e. The predicted molar refractivity (Wildman–Crippen MR) is 83.2 cm³/mol. The van der Waals surface area contributed by atoms with Gasteiger partial charge in [0.15, 0.2) is 17.1 Å². The second-order valence-electron chi connectivity index (χ2n) is 5.82. The van der Waals surface area contributed by atoms with Gasteiger partial charge in [-0.2, -0.15) is 0 Å². The van der Waals surface area contributed by atoms with Crippen molar-refractivity contribution in [1.29, 1.82) is 0 Å². The molecule has 2 N–H and O–H groups in total. The van der Waals surface area contributed by atoms with Crippen LogP contribution in [0, 0.1) is 6.92 Å². The lowest BCUT2D eigenvalue weighted by atomic mass is 9.92. The smallest absolute Gasteiger partial charge is 0.287 e. The number of aliphatic hydroxyl groups is 1. The van der Waals surface area contributed by atoms with Gasteiger partial charge in [0.1, 0.15) is 0 Å². The van der Waals surface area contributed by atoms with Gasteiger partial charge in [0.2, 0.25) is 0 Å². The van der Waals surface area contributed by atoms with E-state index in [1.807, 2.05) is 19.1 Å². The zero-order chi connectivity index (χ0) is 15.7. The van der Waals surface area contributed by atoms with Crippen molar-refractivity contribution >= 4 is 16.9 Å². The molecule has 2 unspecified atom stereocenters. The molecular formula is C17H21NO4. The number of rotatable bonds is 3. The summed E-state index contributed by atoms with van der Waals surface area (Å²) in [5, 5.41) is 13.8. The molecule has 1 amide bonds. The Kier molecular flexibility index (Phi) is 4.07. The number of carbonyl (C=O) groups is 1. The van der Waals surface area contributed by atoms with Crippen molar-refractivity contribution in [3.63, 3.8) is 0 Å². The summed E-state index contributed by atoms with van der Waals surface area (Å²) >= 11 is 0. The number of nitrogens with one attached hydrogen (secondary N) is 1. The van der Waals surface area contributed by atoms with Crippen molar-refractivity contribution in [2.45, 2.75) is 44.8 Å². The highest BCUT2D eigenvalue weighted by Gasteiger charge is 2.27. The van der Waals surface area contributed by atoms with Crippen molar-refractivity contribution in [3.05, 3.63) is 29.5 Å². The Labute approximate surface area is 129 Å². The molecule has 1 aliphatic rings. The highest BCUT2D eigenvalue weighted by atomic mass is 16.5. The van der Waals surface area contributed by atoms with Crippen LogP contribution in [-0.4, -0.2) is 30.3 Å². The third-order valence-electron chi connectivity index (χ3n) is 4.40. The van der Waals surface area contributed by atoms with Crippen molar-refractivity contribution < 1.29 is 19.1 Å². The van der Waals surface area contributed by atoms with E-state index in [4.69, 9.17) is 9.15 Å². The minimum atomic E-state index is -0.475. The lowest BCUT2D eigenvalue weighted by Crippen LogP contribution is -2.45. The Balaban J connectivity index is 1.89. The molecule has 0 spiro atoms. The number of hydrogen-bond acceptors (Lipinski definition) is 4. The van der Waals surface area contributed by atoms with Gasteiger partial charge in [-0.15, -0.1) is 0 Å². The third-order valence-corrected chi connectivity index (χ3v) is 4.40. The highest BCUT2D eigenvalue weighted by molar-refractivity contribution is 6.00. The van der Waals surface area contributed by atoms with Crippen LogP contribution in [-0.2, 0) is 0 Å². The second-order valence-corrected chi connectivity index (χ2v) is 5.82. The number of furan rings is 1. The van der Waals surface area contributed by atoms with Crippen LogP contribution in [0.15, 0.2) is 22.6 Å². The fourth-order valence-corrected chi connectivity index (χ4v) is 3.11. The van der Waals surface area contributed by atoms with E-state index in [1.54, 1.807) is 13.2 Å². The molecule has 2 atom stereocenters. The number of methoxy groups -OCH3 is 1. The molecule has 1 aromatic carbocycles. The summed E-state index contributed by atoms with van der Waals surface area (Å²) in [6.07, 6.45) is 3.09. The Morgan fingerprint density at radius 1 is 1.36 bits per heavy atom. The van der Waals surface area contributed by atoms with E-state index in [2.05, 4.69) is 5.32 Å². The Bertz CT molecular complexity index is 691. The van der Waals surface area contributed by atoms with Crippen LogP contribution >= 0.6 is 0 Å². The molecule has 1 fully saturated rings. The monoisotopic (exact) mass is 303 g/mol. The first-order chi connectivity index (χ1) is 10.6. The lowest BCUT2D eigenvalue weighted by Gasteiger charge is -2.28. The van der Waals surface area contributed by atoms with Gasteiger partial charge in [-0.3, -0.25) is 4.79 Å². The SMILES string of the molecule is COc1cccc2c(C)c(C(=O)NC3CCCCC3O)oc12. The van der Waals surface area contributed by atoms with Gasteiger partial charge < -0.3 is 19.6 Å². The quantitative estimate of drug-likeness (QED) is 0.914. The largest absolute Gasteiger partial charge is 0.493 e. The van der Waals surface area contributed by atoms with Gasteiger partial charge in [-0.1, -0.05) is 25.0 Å². The average molecular weight is 303 g/mol. The summed E-state index contributed by atoms with van der Waals surface area (Å²) in [5.74, 6) is 0.622. The molecule has 1 saturated carbocycles. The minimum Gasteiger partial charge on any atom is -0.493 e. The van der Waals surface area contributed by atoms with Crippen molar-refractivity contribution in [2.75, 3.05) is 7.11 Å². The summed E-state index contributed by atoms with van der Waals surface area (Å²) < 4.78 is 11.0. The highest BCUT2D eigenvalue weighted by Crippen LogP contribution is 2.32. The van der Waals surface area contributed by atoms with Gasteiger partial charge in [0, 0.05) is 10.9 Å². The molecule has 0 aliphatic heterocycles. The van der Waals surface area contributed by atoms with Crippen LogP contribution in [0.4, 0.5) is 0 Å². The molecule has 1 aromatic heterocycles. The molecule has 22 heavy (non-hydrogen) atoms. The van der Waals surface area contributed by atoms with Crippen LogP contribution in [0.25, 0.3) is 11.0 Å². The first kappa shape index (κ1) is 14.9. The zero-order valence-corrected chi connectivity index (χ0v) is 12.9. The number of benzene rings is 1. The summed E-state index contributed by atoms with van der Waals surface area (Å²) in [7, 11) is 1.57. The third kappa shape index (κ3) is 2.57. The first-order valence-electron chi connectivity index (χ1n) is 7.67. The molecular weight excluding hydrogens is 282 g/mol. The van der Waals surface area contributed by atoms with E-state index in [1.165, 1.54) is 0 Å². The zero-order valence-electron chi connectivity index (χ0n) is 12.9. The topological polar surface area (TPSA) is 71.7 Å². The fraction of sp³-hybridized carbons (Fsp3) is 0.471. The maximum atomic E-state index is 12.5. The van der Waals surface area contributed by atoms with Crippen molar-refractivity contribution in [1.82, 2.24) is 5.32 Å². The van der Waals surface area contributed by atoms with E-state index in [9.17, 15) is 9.90 Å². The molecule has 0 saturated heterocycles. The number of fused-ring (bicyclic) bond motifs is 1. The Morgan fingerprint density at radius 2 is 2.14 bits per heavy atom. The number of ether oxygens (including phenoxy) is 1. The number of amides is 1. The van der Waals surface area contributed by atoms with Crippen molar-refractivity contribution in [3.8, 4) is 5.75 Å². The van der Waals surface area contributed by atoms with Gasteiger partial charge >= 0.3 is 0 Å². The van der Waals surface area contributed by atoms with E-state index in [0.717, 1.165) is 36.6 Å². The number of para-hydroxylation sites is 1. The van der Waals surface area contributed by atoms with E-state index >= 15 is 0 Å². The van der Waals surface area contributed by atoms with Gasteiger partial charge in [-0.05, 0) is 25.8 Å². The number of hydrogen-bond donors (Lipinski definition) is 2. The maximum absolute atomic E-state index is 12.5. The van der Waals surface area contributed by atoms with E-state index < -0.39 is 6.10 Å². The lowest BCUT2D eigenvalue weighted by molar-refractivity contribution is 0.0699. The van der Waals surface area contributed by atoms with Crippen LogP contribution in [0.5, 0.6) is 5.75 Å². The van der Waals surface area contributed by atoms with Gasteiger partial charge in [0.25, 0.3) is 5.91 Å². The van der Waals surface area contributed by atoms with E-state index in [-0.39, 0.29) is 17.7 Å². The molecule has 1 aliphatic carbocycles. The Morgan fingerprint density at radius 3 is 2.86 bits per heavy atom. The standard InChI is InChI=1S/C17H21NO4/c1-10-11-6-5-9-14(21-2)16(11)22-15(10)17(20)18-12-7-3-4-8-13(12)19/h5-6,9,12-13,19H,3-4,7-8H2,1-2H3,(H,18,20). The molecule has 2 aromatic rings. The van der Waals surface area contributed by atoms with Crippen LogP contribution in [0.2, 0.25) is 0 Å². The molecule has 0 bridgehead atoms.